The van der Waals surface area contributed by atoms with Crippen LogP contribution in [0.3, 0.4) is 0 Å². The molecule has 1 aromatic rings. The molecule has 1 aliphatic heterocycles. The minimum Gasteiger partial charge on any atom is -0.347 e. The third-order valence-corrected chi connectivity index (χ3v) is 3.17. The van der Waals surface area contributed by atoms with Crippen LogP contribution in [0.4, 0.5) is 5.69 Å². The molecule has 5 nitrogen and oxygen atoms in total. The molecule has 2 N–H and O–H groups in total. The fourth-order valence-corrected chi connectivity index (χ4v) is 2.18. The first-order valence-electron chi connectivity index (χ1n) is 6.44. The number of nitrogens with one attached hydrogen (secondary N) is 2. The van der Waals surface area contributed by atoms with E-state index in [1.165, 1.54) is 6.92 Å². The molecule has 1 unspecified atom stereocenters. The topological polar surface area (TPSA) is 61.4 Å². The van der Waals surface area contributed by atoms with E-state index in [1.807, 2.05) is 31.2 Å². The van der Waals surface area contributed by atoms with Gasteiger partial charge in [-0.2, -0.15) is 0 Å². The molecule has 1 heterocycles. The van der Waals surface area contributed by atoms with Crippen LogP contribution in [0.25, 0.3) is 0 Å². The lowest BCUT2D eigenvalue weighted by Gasteiger charge is -2.24. The molecule has 1 aromatic carbocycles. The molecule has 2 amide bonds. The van der Waals surface area contributed by atoms with Crippen LogP contribution < -0.4 is 15.5 Å². The first-order valence-corrected chi connectivity index (χ1v) is 6.44. The number of carbonyl (C=O) groups excluding carboxylic acids is 2. The van der Waals surface area contributed by atoms with Gasteiger partial charge >= 0.3 is 0 Å². The molecule has 0 aromatic heterocycles. The van der Waals surface area contributed by atoms with Gasteiger partial charge < -0.3 is 15.5 Å². The van der Waals surface area contributed by atoms with Gasteiger partial charge in [-0.1, -0.05) is 18.2 Å². The van der Waals surface area contributed by atoms with E-state index in [2.05, 4.69) is 10.6 Å². The molecule has 0 saturated carbocycles. The van der Waals surface area contributed by atoms with Crippen molar-refractivity contribution in [1.29, 1.82) is 0 Å². The summed E-state index contributed by atoms with van der Waals surface area (Å²) in [5.41, 5.74) is 2.03. The van der Waals surface area contributed by atoms with Crippen molar-refractivity contribution in [3.63, 3.8) is 0 Å². The average molecular weight is 261 g/mol. The summed E-state index contributed by atoms with van der Waals surface area (Å²) in [5, 5.41) is 5.93. The molecule has 0 saturated heterocycles. The molecule has 1 atom stereocenters. The van der Waals surface area contributed by atoms with Crippen molar-refractivity contribution >= 4 is 17.5 Å². The van der Waals surface area contributed by atoms with Gasteiger partial charge in [0.1, 0.15) is 0 Å². The third-order valence-electron chi connectivity index (χ3n) is 3.17. The molecular weight excluding hydrogens is 242 g/mol. The summed E-state index contributed by atoms with van der Waals surface area (Å²) in [6.45, 7) is 4.85. The standard InChI is InChI=1S/C14H19N3O2/c1-10-9-17(14(19)8-16-11(2)18)13-6-4-3-5-12(13)7-15-10/h3-6,10,15H,7-9H2,1-2H3,(H,16,18). The zero-order valence-corrected chi connectivity index (χ0v) is 11.3. The maximum atomic E-state index is 12.2. The highest BCUT2D eigenvalue weighted by Crippen LogP contribution is 2.23. The zero-order valence-electron chi connectivity index (χ0n) is 11.3. The van der Waals surface area contributed by atoms with Crippen molar-refractivity contribution < 1.29 is 9.59 Å². The Kier molecular flexibility index (Phi) is 4.16. The molecule has 0 spiro atoms. The molecule has 2 rings (SSSR count). The van der Waals surface area contributed by atoms with E-state index in [0.29, 0.717) is 6.54 Å². The third kappa shape index (κ3) is 3.32. The second kappa shape index (κ2) is 5.84. The van der Waals surface area contributed by atoms with Gasteiger partial charge in [-0.25, -0.2) is 0 Å². The van der Waals surface area contributed by atoms with Crippen molar-refractivity contribution in [3.05, 3.63) is 29.8 Å². The Morgan fingerprint density at radius 3 is 2.89 bits per heavy atom. The minimum atomic E-state index is -0.192. The Balaban J connectivity index is 2.21. The summed E-state index contributed by atoms with van der Waals surface area (Å²) in [4.78, 5) is 24.9. The maximum absolute atomic E-state index is 12.2. The SMILES string of the molecule is CC(=O)NCC(=O)N1CC(C)NCc2ccccc21. The normalized spacial score (nSPS) is 18.4. The second-order valence-electron chi connectivity index (χ2n) is 4.82. The number of rotatable bonds is 2. The molecule has 0 bridgehead atoms. The summed E-state index contributed by atoms with van der Waals surface area (Å²) < 4.78 is 0. The number of benzene rings is 1. The Hall–Kier alpha value is -1.88. The molecule has 1 aliphatic rings. The van der Waals surface area contributed by atoms with E-state index in [9.17, 15) is 9.59 Å². The molecular formula is C14H19N3O2. The van der Waals surface area contributed by atoms with Gasteiger partial charge in [-0.05, 0) is 18.6 Å². The van der Waals surface area contributed by atoms with Crippen molar-refractivity contribution in [2.75, 3.05) is 18.0 Å². The number of hydrogen-bond acceptors (Lipinski definition) is 3. The monoisotopic (exact) mass is 261 g/mol. The number of amides is 2. The van der Waals surface area contributed by atoms with Crippen LogP contribution in [0.1, 0.15) is 19.4 Å². The van der Waals surface area contributed by atoms with E-state index in [1.54, 1.807) is 4.90 Å². The second-order valence-corrected chi connectivity index (χ2v) is 4.82. The zero-order chi connectivity index (χ0) is 13.8. The number of fused-ring (bicyclic) bond motifs is 1. The number of nitrogens with zero attached hydrogens (tertiary/aromatic N) is 1. The van der Waals surface area contributed by atoms with Crippen LogP contribution in [0.2, 0.25) is 0 Å². The maximum Gasteiger partial charge on any atom is 0.246 e. The van der Waals surface area contributed by atoms with Crippen LogP contribution >= 0.6 is 0 Å². The van der Waals surface area contributed by atoms with Crippen LogP contribution in [-0.4, -0.2) is 30.9 Å². The van der Waals surface area contributed by atoms with Gasteiger partial charge in [0.25, 0.3) is 0 Å². The lowest BCUT2D eigenvalue weighted by Crippen LogP contribution is -2.44. The van der Waals surface area contributed by atoms with Crippen LogP contribution in [0.15, 0.2) is 24.3 Å². The predicted octanol–water partition coefficient (Wildman–Crippen LogP) is 0.647. The minimum absolute atomic E-state index is 0.0381. The fourth-order valence-electron chi connectivity index (χ4n) is 2.18. The number of hydrogen-bond donors (Lipinski definition) is 2. The number of anilines is 1. The first-order chi connectivity index (χ1) is 9.08. The molecule has 0 fully saturated rings. The molecule has 19 heavy (non-hydrogen) atoms. The van der Waals surface area contributed by atoms with E-state index in [4.69, 9.17) is 0 Å². The van der Waals surface area contributed by atoms with Gasteiger partial charge in [0.15, 0.2) is 0 Å². The van der Waals surface area contributed by atoms with Gasteiger partial charge in [-0.3, -0.25) is 9.59 Å². The van der Waals surface area contributed by atoms with Crippen molar-refractivity contribution in [1.82, 2.24) is 10.6 Å². The smallest absolute Gasteiger partial charge is 0.246 e. The highest BCUT2D eigenvalue weighted by atomic mass is 16.2. The van der Waals surface area contributed by atoms with Crippen molar-refractivity contribution in [2.24, 2.45) is 0 Å². The van der Waals surface area contributed by atoms with E-state index in [0.717, 1.165) is 17.8 Å². The lowest BCUT2D eigenvalue weighted by atomic mass is 10.1. The van der Waals surface area contributed by atoms with Crippen LogP contribution in [-0.2, 0) is 16.1 Å². The van der Waals surface area contributed by atoms with Crippen LogP contribution in [0.5, 0.6) is 0 Å². The first kappa shape index (κ1) is 13.5. The largest absolute Gasteiger partial charge is 0.347 e. The Labute approximate surface area is 113 Å². The number of para-hydroxylation sites is 1. The summed E-state index contributed by atoms with van der Waals surface area (Å²) in [5.74, 6) is -0.277. The van der Waals surface area contributed by atoms with E-state index < -0.39 is 0 Å². The Morgan fingerprint density at radius 2 is 2.16 bits per heavy atom. The number of carbonyl (C=O) groups is 2. The Morgan fingerprint density at radius 1 is 1.42 bits per heavy atom. The van der Waals surface area contributed by atoms with Gasteiger partial charge in [0, 0.05) is 31.7 Å². The summed E-state index contributed by atoms with van der Waals surface area (Å²) in [7, 11) is 0. The molecule has 0 aliphatic carbocycles. The average Bonchev–Trinajstić information content (AvgIpc) is 2.56. The summed E-state index contributed by atoms with van der Waals surface area (Å²) in [6, 6.07) is 8.06. The molecule has 0 radical (unpaired) electrons. The summed E-state index contributed by atoms with van der Waals surface area (Å²) >= 11 is 0. The van der Waals surface area contributed by atoms with E-state index in [-0.39, 0.29) is 24.4 Å². The van der Waals surface area contributed by atoms with Gasteiger partial charge in [0.2, 0.25) is 11.8 Å². The molecule has 102 valence electrons. The fraction of sp³-hybridized carbons (Fsp3) is 0.429. The highest BCUT2D eigenvalue weighted by molar-refractivity contribution is 5.97. The predicted molar refractivity (Wildman–Crippen MR) is 73.8 cm³/mol. The van der Waals surface area contributed by atoms with Gasteiger partial charge in [0.05, 0.1) is 6.54 Å². The molecule has 5 heteroatoms. The van der Waals surface area contributed by atoms with E-state index >= 15 is 0 Å². The van der Waals surface area contributed by atoms with Crippen LogP contribution in [0, 0.1) is 0 Å². The Bertz CT molecular complexity index is 487. The van der Waals surface area contributed by atoms with Crippen molar-refractivity contribution in [3.8, 4) is 0 Å². The van der Waals surface area contributed by atoms with Gasteiger partial charge in [-0.15, -0.1) is 0 Å². The highest BCUT2D eigenvalue weighted by Gasteiger charge is 2.23. The summed E-state index contributed by atoms with van der Waals surface area (Å²) in [6.07, 6.45) is 0. The quantitative estimate of drug-likeness (QED) is 0.821. The lowest BCUT2D eigenvalue weighted by molar-refractivity contribution is -0.123. The van der Waals surface area contributed by atoms with Crippen molar-refractivity contribution in [2.45, 2.75) is 26.4 Å².